The van der Waals surface area contributed by atoms with E-state index in [4.69, 9.17) is 10.4 Å². The first kappa shape index (κ1) is 26.5. The third kappa shape index (κ3) is 5.13. The Morgan fingerprint density at radius 2 is 1.73 bits per heavy atom. The number of fused-ring (bicyclic) bond motifs is 2. The number of aromatic hydroxyl groups is 1. The van der Waals surface area contributed by atoms with Gasteiger partial charge in [0.1, 0.15) is 17.0 Å². The van der Waals surface area contributed by atoms with Crippen LogP contribution in [0, 0.1) is 0 Å². The largest absolute Gasteiger partial charge is 0.506 e. The Bertz CT molecular complexity index is 1830. The van der Waals surface area contributed by atoms with Gasteiger partial charge >= 0.3 is 10.5 Å². The number of Topliss-reactive ketones (excluding diaryl/α,β-unsaturated/α-hetero) is 1. The van der Waals surface area contributed by atoms with Crippen molar-refractivity contribution in [2.45, 2.75) is 0 Å². The molecule has 0 amide bonds. The van der Waals surface area contributed by atoms with Gasteiger partial charge in [0.2, 0.25) is 11.6 Å². The summed E-state index contributed by atoms with van der Waals surface area (Å²) in [5.74, 6) is -1.66. The van der Waals surface area contributed by atoms with Gasteiger partial charge in [-0.15, -0.1) is 20.5 Å². The number of nitrogens with zero attached hydrogens (tertiary/aromatic N) is 6. The van der Waals surface area contributed by atoms with Gasteiger partial charge in [0.25, 0.3) is 4.91 Å². The number of ketones is 2. The van der Waals surface area contributed by atoms with Crippen LogP contribution in [0.1, 0.15) is 15.9 Å². The molecule has 2 aliphatic rings. The molecule has 1 heterocycles. The van der Waals surface area contributed by atoms with Gasteiger partial charge in [-0.25, -0.2) is 0 Å². The molecule has 5 N–H and O–H groups in total. The molecule has 0 radical (unpaired) electrons. The minimum absolute atomic E-state index is 0.0224. The summed E-state index contributed by atoms with van der Waals surface area (Å²) in [5, 5.41) is 44.0. The van der Waals surface area contributed by atoms with Gasteiger partial charge in [-0.1, -0.05) is 0 Å². The van der Waals surface area contributed by atoms with Crippen LogP contribution in [0.15, 0.2) is 97.9 Å². The summed E-state index contributed by atoms with van der Waals surface area (Å²) >= 11 is 0. The van der Waals surface area contributed by atoms with Gasteiger partial charge in [-0.05, 0) is 64.4 Å². The maximum atomic E-state index is 13.2. The summed E-state index contributed by atoms with van der Waals surface area (Å²) in [6.07, 6.45) is 5.65. The van der Waals surface area contributed by atoms with E-state index >= 15 is 0 Å². The Hall–Kier alpha value is -5.06. The van der Waals surface area contributed by atoms with Crippen LogP contribution in [0.3, 0.4) is 0 Å². The molecule has 0 bridgehead atoms. The van der Waals surface area contributed by atoms with Crippen molar-refractivity contribution in [3.8, 4) is 5.75 Å². The molecule has 0 atom stereocenters. The Morgan fingerprint density at radius 1 is 0.925 bits per heavy atom. The van der Waals surface area contributed by atoms with E-state index in [2.05, 4.69) is 25.4 Å². The number of allylic oxidation sites excluding steroid dienone is 4. The number of carbonyl (C=O) groups excluding carboxylic acids is 2. The summed E-state index contributed by atoms with van der Waals surface area (Å²) in [6.45, 7) is 0. The second-order valence-electron chi connectivity index (χ2n) is 8.30. The Balaban J connectivity index is 1.50. The number of azo groups is 1. The lowest BCUT2D eigenvalue weighted by Gasteiger charge is -2.14. The van der Waals surface area contributed by atoms with Crippen LogP contribution in [0.5, 0.6) is 5.75 Å². The van der Waals surface area contributed by atoms with Crippen molar-refractivity contribution in [1.82, 2.24) is 10.2 Å². The number of hydrogen-bond donors (Lipinski definition) is 5. The monoisotopic (exact) mass is 561 g/mol. The molecule has 3 aromatic rings. The summed E-state index contributed by atoms with van der Waals surface area (Å²) in [7, 11) is -4.72. The lowest BCUT2D eigenvalue weighted by atomic mass is 9.94. The Labute approximate surface area is 225 Å². The molecule has 1 aromatic heterocycles. The van der Waals surface area contributed by atoms with Crippen LogP contribution in [-0.2, 0) is 19.5 Å². The summed E-state index contributed by atoms with van der Waals surface area (Å²) in [4.78, 5) is 28.7. The number of rotatable bonds is 5. The highest BCUT2D eigenvalue weighted by molar-refractivity contribution is 7.97. The highest BCUT2D eigenvalue weighted by Crippen LogP contribution is 2.34. The standard InChI is InChI=1S/C25H16N6O8S/c32-20-8-7-18(17-2-1-9-26-23(17)20)28-27-14-3-5-16-13(10-14)11-22(40(37,38)39)24(25(16)34)30-29-19-6-4-15(31(35)36)12-21(19)33/h1-12,35-36H,(H2-,27,32,34,37,38,39)/p+1. The molecule has 14 nitrogen and oxygen atoms in total. The van der Waals surface area contributed by atoms with E-state index in [-0.39, 0.29) is 39.2 Å². The number of hydrogen-bond acceptors (Lipinski definition) is 12. The average molecular weight is 562 g/mol. The molecule has 2 aromatic carbocycles. The number of pyridine rings is 1. The van der Waals surface area contributed by atoms with Crippen molar-refractivity contribution in [1.29, 1.82) is 0 Å². The van der Waals surface area contributed by atoms with Crippen molar-refractivity contribution in [3.05, 3.63) is 88.6 Å². The van der Waals surface area contributed by atoms with Crippen LogP contribution in [0.25, 0.3) is 17.0 Å². The van der Waals surface area contributed by atoms with Crippen molar-refractivity contribution < 1.29 is 38.4 Å². The zero-order valence-corrected chi connectivity index (χ0v) is 20.8. The van der Waals surface area contributed by atoms with E-state index in [1.54, 1.807) is 18.2 Å². The minimum Gasteiger partial charge on any atom is -0.506 e. The number of carbonyl (C=O) groups is 2. The number of hydroxylamine groups is 2. The Morgan fingerprint density at radius 3 is 2.45 bits per heavy atom. The topological polar surface area (TPSA) is 218 Å². The molecular weight excluding hydrogens is 544 g/mol. The molecule has 5 rings (SSSR count). The molecule has 40 heavy (non-hydrogen) atoms. The second-order valence-corrected chi connectivity index (χ2v) is 9.73. The zero-order chi connectivity index (χ0) is 28.6. The molecule has 0 saturated heterocycles. The highest BCUT2D eigenvalue weighted by atomic mass is 32.3. The van der Waals surface area contributed by atoms with Crippen molar-refractivity contribution in [2.75, 3.05) is 0 Å². The molecule has 2 aliphatic carbocycles. The molecule has 0 unspecified atom stereocenters. The normalized spacial score (nSPS) is 17.5. The van der Waals surface area contributed by atoms with E-state index in [1.807, 2.05) is 0 Å². The SMILES string of the molecule is O=C1C=C(N(O)O)C=CC1=NN=C1C(=O)c2ccc(N=Nc3ccc(O)c4ncccc34)cc2C=C1[S+](=O)(O)O. The van der Waals surface area contributed by atoms with Crippen LogP contribution >= 0.6 is 0 Å². The number of benzene rings is 2. The fraction of sp³-hybridized carbons (Fsp3) is 0. The summed E-state index contributed by atoms with van der Waals surface area (Å²) in [6, 6.07) is 10.6. The van der Waals surface area contributed by atoms with Crippen LogP contribution in [-0.4, -0.2) is 57.8 Å². The van der Waals surface area contributed by atoms with Gasteiger partial charge < -0.3 is 5.11 Å². The molecule has 15 heteroatoms. The third-order valence-corrected chi connectivity index (χ3v) is 6.62. The highest BCUT2D eigenvalue weighted by Gasteiger charge is 2.42. The van der Waals surface area contributed by atoms with Gasteiger partial charge in [0, 0.05) is 29.3 Å². The fourth-order valence-electron chi connectivity index (χ4n) is 3.84. The fourth-order valence-corrected chi connectivity index (χ4v) is 4.51. The van der Waals surface area contributed by atoms with Gasteiger partial charge in [-0.2, -0.15) is 14.2 Å². The van der Waals surface area contributed by atoms with Gasteiger partial charge in [-0.3, -0.25) is 25.0 Å². The van der Waals surface area contributed by atoms with Gasteiger partial charge in [0.15, 0.2) is 5.71 Å². The van der Waals surface area contributed by atoms with Crippen LogP contribution < -0.4 is 0 Å². The second kappa shape index (κ2) is 10.3. The lowest BCUT2D eigenvalue weighted by molar-refractivity contribution is -0.275. The number of aromatic nitrogens is 1. The van der Waals surface area contributed by atoms with Crippen LogP contribution in [0.2, 0.25) is 0 Å². The third-order valence-electron chi connectivity index (χ3n) is 5.73. The average Bonchev–Trinajstić information content (AvgIpc) is 2.92. The maximum absolute atomic E-state index is 13.2. The number of phenols is 1. The first-order chi connectivity index (χ1) is 19.0. The van der Waals surface area contributed by atoms with E-state index in [9.17, 15) is 28.0 Å². The predicted molar refractivity (Wildman–Crippen MR) is 142 cm³/mol. The molecule has 0 fully saturated rings. The van der Waals surface area contributed by atoms with Crippen LogP contribution in [0.4, 0.5) is 11.4 Å². The lowest BCUT2D eigenvalue weighted by Crippen LogP contribution is -2.29. The maximum Gasteiger partial charge on any atom is 0.388 e. The first-order valence-corrected chi connectivity index (χ1v) is 12.7. The zero-order valence-electron chi connectivity index (χ0n) is 20.0. The first-order valence-electron chi connectivity index (χ1n) is 11.2. The molecule has 200 valence electrons. The van der Waals surface area contributed by atoms with Crippen molar-refractivity contribution in [2.24, 2.45) is 20.4 Å². The van der Waals surface area contributed by atoms with E-state index in [0.717, 1.165) is 24.3 Å². The molecule has 0 aliphatic heterocycles. The quantitative estimate of drug-likeness (QED) is 0.129. The minimum atomic E-state index is -4.72. The van der Waals surface area contributed by atoms with E-state index in [1.165, 1.54) is 30.5 Å². The van der Waals surface area contributed by atoms with E-state index in [0.29, 0.717) is 16.6 Å². The summed E-state index contributed by atoms with van der Waals surface area (Å²) < 4.78 is 32.0. The smallest absolute Gasteiger partial charge is 0.388 e. The molecule has 0 spiro atoms. The predicted octanol–water partition coefficient (Wildman–Crippen LogP) is 4.24. The van der Waals surface area contributed by atoms with E-state index < -0.39 is 32.7 Å². The molecular formula is C25H17N6O8S+. The van der Waals surface area contributed by atoms with Crippen molar-refractivity contribution >= 4 is 61.8 Å². The summed E-state index contributed by atoms with van der Waals surface area (Å²) in [5.41, 5.74) is -0.0388. The molecule has 0 saturated carbocycles. The number of phenolic OH excluding ortho intramolecular Hbond substituents is 1. The van der Waals surface area contributed by atoms with Crippen molar-refractivity contribution in [3.63, 3.8) is 0 Å². The Kier molecular flexibility index (Phi) is 6.80. The van der Waals surface area contributed by atoms with Gasteiger partial charge in [0.05, 0.1) is 17.1 Å².